The van der Waals surface area contributed by atoms with Crippen molar-refractivity contribution in [2.45, 2.75) is 51.0 Å². The van der Waals surface area contributed by atoms with Crippen molar-refractivity contribution in [3.05, 3.63) is 35.5 Å². The van der Waals surface area contributed by atoms with Crippen molar-refractivity contribution in [3.63, 3.8) is 0 Å². The number of carbonyl (C=O) groups excluding carboxylic acids is 1. The van der Waals surface area contributed by atoms with Gasteiger partial charge < -0.3 is 4.74 Å². The molecule has 1 spiro atoms. The van der Waals surface area contributed by atoms with Crippen LogP contribution in [0.5, 0.6) is 0 Å². The van der Waals surface area contributed by atoms with Crippen LogP contribution in [-0.4, -0.2) is 18.0 Å². The second-order valence-electron chi connectivity index (χ2n) is 9.30. The lowest BCUT2D eigenvalue weighted by Gasteiger charge is -2.54. The fourth-order valence-electron chi connectivity index (χ4n) is 7.60. The maximum atomic E-state index is 11.8. The summed E-state index contributed by atoms with van der Waals surface area (Å²) in [5, 5.41) is 0. The molecule has 5 aliphatic carbocycles. The number of ketones is 1. The van der Waals surface area contributed by atoms with E-state index in [1.807, 2.05) is 0 Å². The Kier molecular flexibility index (Phi) is 2.54. The molecule has 0 N–H and O–H groups in total. The zero-order valence-corrected chi connectivity index (χ0v) is 14.5. The van der Waals surface area contributed by atoms with Crippen LogP contribution in [0.15, 0.2) is 35.5 Å². The quantitative estimate of drug-likeness (QED) is 0.624. The summed E-state index contributed by atoms with van der Waals surface area (Å²) in [6, 6.07) is 0. The summed E-state index contributed by atoms with van der Waals surface area (Å²) in [5.41, 5.74) is 3.36. The molecule has 0 aromatic rings. The number of hydrogen-bond acceptors (Lipinski definition) is 2. The van der Waals surface area contributed by atoms with Crippen molar-refractivity contribution in [2.24, 2.45) is 35.0 Å². The molecule has 24 heavy (non-hydrogen) atoms. The van der Waals surface area contributed by atoms with Crippen LogP contribution in [-0.2, 0) is 9.53 Å². The minimum atomic E-state index is 0.0400. The van der Waals surface area contributed by atoms with Gasteiger partial charge in [0.25, 0.3) is 0 Å². The van der Waals surface area contributed by atoms with E-state index < -0.39 is 0 Å². The van der Waals surface area contributed by atoms with Gasteiger partial charge in [-0.1, -0.05) is 36.8 Å². The van der Waals surface area contributed by atoms with Gasteiger partial charge in [-0.15, -0.1) is 0 Å². The average Bonchev–Trinajstić information content (AvgIpc) is 3.13. The first-order valence-corrected chi connectivity index (χ1v) is 9.87. The molecule has 126 valence electrons. The second-order valence-corrected chi connectivity index (χ2v) is 9.30. The molecule has 2 nitrogen and oxygen atoms in total. The lowest BCUT2D eigenvalue weighted by molar-refractivity contribution is -0.119. The first kappa shape index (κ1) is 14.1. The Bertz CT molecular complexity index is 728. The van der Waals surface area contributed by atoms with E-state index in [0.717, 1.165) is 37.2 Å². The third kappa shape index (κ3) is 1.47. The Morgan fingerprint density at radius 3 is 3.04 bits per heavy atom. The van der Waals surface area contributed by atoms with E-state index in [4.69, 9.17) is 4.74 Å². The van der Waals surface area contributed by atoms with E-state index in [1.165, 1.54) is 24.8 Å². The molecule has 0 radical (unpaired) electrons. The van der Waals surface area contributed by atoms with E-state index >= 15 is 0 Å². The number of carbonyl (C=O) groups is 1. The Labute approximate surface area is 144 Å². The maximum Gasteiger partial charge on any atom is 0.137 e. The Balaban J connectivity index is 1.41. The minimum Gasteiger partial charge on any atom is -0.366 e. The standard InChI is InChI=1S/C22H26O2/c1-21-9-7-16-15-6-4-14(23)11-13(15)3-5-17(16)20(21)18-12-19(18)22(21)8-2-10-24-22/h2-3,5,8,16-20H,4,6-7,9-12H2,1H3/t16?,17?,18-,19+,20?,21+,22+/m1/s1. The minimum absolute atomic E-state index is 0.0400. The molecule has 0 aromatic carbocycles. The first-order valence-electron chi connectivity index (χ1n) is 9.87. The summed E-state index contributed by atoms with van der Waals surface area (Å²) in [6.45, 7) is 3.34. The maximum absolute atomic E-state index is 11.8. The number of rotatable bonds is 0. The Hall–Kier alpha value is -1.15. The van der Waals surface area contributed by atoms with Gasteiger partial charge in [-0.05, 0) is 60.8 Å². The van der Waals surface area contributed by atoms with Crippen LogP contribution in [0.4, 0.5) is 0 Å². The van der Waals surface area contributed by atoms with E-state index in [9.17, 15) is 4.79 Å². The molecule has 0 saturated heterocycles. The largest absolute Gasteiger partial charge is 0.366 e. The van der Waals surface area contributed by atoms with Gasteiger partial charge in [-0.3, -0.25) is 4.79 Å². The Morgan fingerprint density at radius 2 is 2.21 bits per heavy atom. The van der Waals surface area contributed by atoms with Gasteiger partial charge in [0.05, 0.1) is 12.2 Å². The molecule has 3 saturated carbocycles. The van der Waals surface area contributed by atoms with Gasteiger partial charge in [-0.25, -0.2) is 0 Å². The predicted octanol–water partition coefficient (Wildman–Crippen LogP) is 4.23. The Morgan fingerprint density at radius 1 is 1.29 bits per heavy atom. The van der Waals surface area contributed by atoms with Crippen molar-refractivity contribution < 1.29 is 9.53 Å². The summed E-state index contributed by atoms with van der Waals surface area (Å²) >= 11 is 0. The average molecular weight is 322 g/mol. The third-order valence-corrected chi connectivity index (χ3v) is 8.56. The summed E-state index contributed by atoms with van der Waals surface area (Å²) in [7, 11) is 0. The SMILES string of the molecule is C[C@]12CCC3C4=C(C=CC3C1[C@@H]1C[C@@H]1[C@@]21C=CCO1)CC(=O)CC4. The molecular formula is C22H26O2. The molecule has 3 unspecified atom stereocenters. The molecule has 3 fully saturated rings. The van der Waals surface area contributed by atoms with Crippen LogP contribution in [0, 0.1) is 35.0 Å². The molecule has 1 aliphatic heterocycles. The molecule has 0 amide bonds. The lowest BCUT2D eigenvalue weighted by atomic mass is 9.52. The molecule has 2 heteroatoms. The van der Waals surface area contributed by atoms with E-state index in [-0.39, 0.29) is 5.60 Å². The van der Waals surface area contributed by atoms with E-state index in [1.54, 1.807) is 5.57 Å². The van der Waals surface area contributed by atoms with Gasteiger partial charge in [0.15, 0.2) is 0 Å². The highest BCUT2D eigenvalue weighted by atomic mass is 16.5. The van der Waals surface area contributed by atoms with Crippen molar-refractivity contribution in [1.82, 2.24) is 0 Å². The van der Waals surface area contributed by atoms with Crippen molar-refractivity contribution >= 4 is 5.78 Å². The normalized spacial score (nSPS) is 53.9. The zero-order valence-electron chi connectivity index (χ0n) is 14.5. The van der Waals surface area contributed by atoms with Gasteiger partial charge >= 0.3 is 0 Å². The number of ether oxygens (including phenoxy) is 1. The fourth-order valence-corrected chi connectivity index (χ4v) is 7.60. The van der Waals surface area contributed by atoms with Crippen molar-refractivity contribution in [1.29, 1.82) is 0 Å². The highest BCUT2D eigenvalue weighted by Crippen LogP contribution is 2.76. The predicted molar refractivity (Wildman–Crippen MR) is 92.3 cm³/mol. The molecule has 0 bridgehead atoms. The summed E-state index contributed by atoms with van der Waals surface area (Å²) < 4.78 is 6.44. The van der Waals surface area contributed by atoms with Crippen molar-refractivity contribution in [3.8, 4) is 0 Å². The molecular weight excluding hydrogens is 296 g/mol. The van der Waals surface area contributed by atoms with Crippen LogP contribution in [0.1, 0.15) is 45.4 Å². The third-order valence-electron chi connectivity index (χ3n) is 8.56. The molecule has 6 aliphatic rings. The highest BCUT2D eigenvalue weighted by molar-refractivity contribution is 5.83. The molecule has 0 aromatic heterocycles. The van der Waals surface area contributed by atoms with Crippen molar-refractivity contribution in [2.75, 3.05) is 6.61 Å². The highest BCUT2D eigenvalue weighted by Gasteiger charge is 2.76. The molecule has 1 heterocycles. The van der Waals surface area contributed by atoms with E-state index in [0.29, 0.717) is 29.5 Å². The number of Topliss-reactive ketones (excluding diaryl/α,β-unsaturated/α-hetero) is 1. The molecule has 6 rings (SSSR count). The van der Waals surface area contributed by atoms with Crippen LogP contribution in [0.3, 0.4) is 0 Å². The number of fused-ring (bicyclic) bond motifs is 8. The topological polar surface area (TPSA) is 26.3 Å². The second kappa shape index (κ2) is 4.33. The summed E-state index contributed by atoms with van der Waals surface area (Å²) in [6.07, 6.45) is 16.0. The monoisotopic (exact) mass is 322 g/mol. The fraction of sp³-hybridized carbons (Fsp3) is 0.682. The number of hydrogen-bond donors (Lipinski definition) is 0. The van der Waals surface area contributed by atoms with Gasteiger partial charge in [0.2, 0.25) is 0 Å². The van der Waals surface area contributed by atoms with E-state index in [2.05, 4.69) is 31.2 Å². The summed E-state index contributed by atoms with van der Waals surface area (Å²) in [4.78, 5) is 11.8. The van der Waals surface area contributed by atoms with Crippen LogP contribution >= 0.6 is 0 Å². The van der Waals surface area contributed by atoms with Crippen LogP contribution in [0.25, 0.3) is 0 Å². The van der Waals surface area contributed by atoms with Gasteiger partial charge in [0, 0.05) is 18.3 Å². The zero-order chi connectivity index (χ0) is 16.1. The van der Waals surface area contributed by atoms with Crippen LogP contribution < -0.4 is 0 Å². The first-order chi connectivity index (χ1) is 11.6. The molecule has 7 atom stereocenters. The van der Waals surface area contributed by atoms with Gasteiger partial charge in [-0.2, -0.15) is 0 Å². The lowest BCUT2D eigenvalue weighted by Crippen LogP contribution is -2.53. The summed E-state index contributed by atoms with van der Waals surface area (Å²) in [5.74, 6) is 4.22. The smallest absolute Gasteiger partial charge is 0.137 e. The van der Waals surface area contributed by atoms with Crippen LogP contribution in [0.2, 0.25) is 0 Å². The number of allylic oxidation sites excluding steroid dienone is 4. The van der Waals surface area contributed by atoms with Gasteiger partial charge in [0.1, 0.15) is 5.78 Å².